The molecule has 0 unspecified atom stereocenters. The van der Waals surface area contributed by atoms with E-state index in [0.29, 0.717) is 22.8 Å². The van der Waals surface area contributed by atoms with Crippen LogP contribution in [0.25, 0.3) is 6.08 Å². The number of carbonyl (C=O) groups is 2. The topological polar surface area (TPSA) is 80.3 Å². The lowest BCUT2D eigenvalue weighted by atomic mass is 10.1. The van der Waals surface area contributed by atoms with Gasteiger partial charge in [-0.1, -0.05) is 0 Å². The van der Waals surface area contributed by atoms with Crippen LogP contribution < -0.4 is 23.7 Å². The third-order valence-corrected chi connectivity index (χ3v) is 3.85. The van der Waals surface area contributed by atoms with E-state index < -0.39 is 11.8 Å². The zero-order valence-corrected chi connectivity index (χ0v) is 16.4. The highest BCUT2D eigenvalue weighted by molar-refractivity contribution is 6.11. The molecule has 2 rings (SSSR count). The van der Waals surface area contributed by atoms with Crippen LogP contribution in [-0.2, 0) is 4.79 Å². The Morgan fingerprint density at radius 2 is 1.39 bits per heavy atom. The maximum absolute atomic E-state index is 12.9. The quantitative estimate of drug-likeness (QED) is 0.297. The highest BCUT2D eigenvalue weighted by atomic mass is 16.5. The van der Waals surface area contributed by atoms with Crippen LogP contribution in [0.4, 0.5) is 0 Å². The molecule has 0 aliphatic carbocycles. The average Bonchev–Trinajstić information content (AvgIpc) is 2.70. The van der Waals surface area contributed by atoms with Crippen molar-refractivity contribution in [1.29, 1.82) is 0 Å². The van der Waals surface area contributed by atoms with Gasteiger partial charge >= 0.3 is 5.97 Å². The summed E-state index contributed by atoms with van der Waals surface area (Å²) in [5, 5.41) is 0. The summed E-state index contributed by atoms with van der Waals surface area (Å²) in [5.74, 6) is 0.885. The van der Waals surface area contributed by atoms with E-state index in [-0.39, 0.29) is 17.1 Å². The second kappa shape index (κ2) is 9.45. The van der Waals surface area contributed by atoms with Crippen LogP contribution in [0.5, 0.6) is 28.7 Å². The summed E-state index contributed by atoms with van der Waals surface area (Å²) in [5.41, 5.74) is 0.792. The van der Waals surface area contributed by atoms with Gasteiger partial charge in [-0.2, -0.15) is 0 Å². The molecule has 148 valence electrons. The monoisotopic (exact) mass is 386 g/mol. The van der Waals surface area contributed by atoms with Crippen LogP contribution in [0.1, 0.15) is 22.8 Å². The highest BCUT2D eigenvalue weighted by Crippen LogP contribution is 2.35. The third kappa shape index (κ3) is 4.82. The van der Waals surface area contributed by atoms with Gasteiger partial charge in [0.05, 0.1) is 28.4 Å². The second-order valence-electron chi connectivity index (χ2n) is 5.60. The van der Waals surface area contributed by atoms with E-state index in [1.165, 1.54) is 40.4 Å². The molecule has 0 atom stereocenters. The van der Waals surface area contributed by atoms with Crippen molar-refractivity contribution in [2.24, 2.45) is 0 Å². The first-order chi connectivity index (χ1) is 13.4. The van der Waals surface area contributed by atoms with Gasteiger partial charge in [-0.3, -0.25) is 9.59 Å². The molecule has 28 heavy (non-hydrogen) atoms. The van der Waals surface area contributed by atoms with Gasteiger partial charge in [0.25, 0.3) is 0 Å². The van der Waals surface area contributed by atoms with E-state index in [2.05, 4.69) is 0 Å². The van der Waals surface area contributed by atoms with Crippen molar-refractivity contribution in [3.05, 3.63) is 47.5 Å². The summed E-state index contributed by atoms with van der Waals surface area (Å²) in [6, 6.07) is 8.23. The fourth-order valence-corrected chi connectivity index (χ4v) is 2.53. The first kappa shape index (κ1) is 20.8. The molecule has 0 saturated heterocycles. The molecular formula is C21H22O7. The first-order valence-electron chi connectivity index (χ1n) is 8.32. The molecular weight excluding hydrogens is 364 g/mol. The summed E-state index contributed by atoms with van der Waals surface area (Å²) >= 11 is 0. The van der Waals surface area contributed by atoms with Crippen molar-refractivity contribution in [3.63, 3.8) is 0 Å². The smallest absolute Gasteiger partial charge is 0.308 e. The first-order valence-corrected chi connectivity index (χ1v) is 8.32. The van der Waals surface area contributed by atoms with Gasteiger partial charge < -0.3 is 23.7 Å². The number of carbonyl (C=O) groups excluding carboxylic acids is 2. The number of rotatable bonds is 8. The normalized spacial score (nSPS) is 10.5. The Morgan fingerprint density at radius 3 is 1.96 bits per heavy atom. The Morgan fingerprint density at radius 1 is 0.786 bits per heavy atom. The minimum Gasteiger partial charge on any atom is -0.497 e. The van der Waals surface area contributed by atoms with E-state index >= 15 is 0 Å². The third-order valence-electron chi connectivity index (χ3n) is 3.85. The summed E-state index contributed by atoms with van der Waals surface area (Å²) < 4.78 is 26.1. The average molecular weight is 386 g/mol. The molecule has 0 aliphatic heterocycles. The molecule has 0 bridgehead atoms. The van der Waals surface area contributed by atoms with Gasteiger partial charge in [-0.05, 0) is 24.3 Å². The van der Waals surface area contributed by atoms with E-state index in [0.717, 1.165) is 0 Å². The summed E-state index contributed by atoms with van der Waals surface area (Å²) in [6.07, 6.45) is 2.95. The summed E-state index contributed by atoms with van der Waals surface area (Å²) in [4.78, 5) is 24.3. The highest BCUT2D eigenvalue weighted by Gasteiger charge is 2.20. The van der Waals surface area contributed by atoms with Crippen LogP contribution in [-0.4, -0.2) is 40.2 Å². The zero-order chi connectivity index (χ0) is 20.7. The Bertz CT molecular complexity index is 900. The zero-order valence-electron chi connectivity index (χ0n) is 16.4. The number of ketones is 1. The molecule has 0 aromatic heterocycles. The predicted molar refractivity (Wildman–Crippen MR) is 104 cm³/mol. The fourth-order valence-electron chi connectivity index (χ4n) is 2.53. The summed E-state index contributed by atoms with van der Waals surface area (Å²) in [6.45, 7) is 1.25. The molecule has 0 amide bonds. The lowest BCUT2D eigenvalue weighted by Crippen LogP contribution is -2.08. The van der Waals surface area contributed by atoms with Crippen molar-refractivity contribution in [2.45, 2.75) is 6.92 Å². The molecule has 7 nitrogen and oxygen atoms in total. The van der Waals surface area contributed by atoms with E-state index in [9.17, 15) is 9.59 Å². The fraction of sp³-hybridized carbons (Fsp3) is 0.238. The van der Waals surface area contributed by atoms with E-state index in [4.69, 9.17) is 23.7 Å². The van der Waals surface area contributed by atoms with Crippen molar-refractivity contribution in [1.82, 2.24) is 0 Å². The Balaban J connectivity index is 2.45. The molecule has 0 N–H and O–H groups in total. The molecule has 0 saturated carbocycles. The van der Waals surface area contributed by atoms with Gasteiger partial charge in [0.2, 0.25) is 0 Å². The molecule has 2 aromatic carbocycles. The number of hydrogen-bond donors (Lipinski definition) is 0. The predicted octanol–water partition coefficient (Wildman–Crippen LogP) is 3.54. The molecule has 7 heteroatoms. The maximum Gasteiger partial charge on any atom is 0.308 e. The van der Waals surface area contributed by atoms with Crippen molar-refractivity contribution >= 4 is 17.8 Å². The van der Waals surface area contributed by atoms with Gasteiger partial charge in [-0.15, -0.1) is 0 Å². The Labute approximate surface area is 163 Å². The van der Waals surface area contributed by atoms with Crippen LogP contribution in [0.2, 0.25) is 0 Å². The Kier molecular flexibility index (Phi) is 7.03. The summed E-state index contributed by atoms with van der Waals surface area (Å²) in [7, 11) is 5.96. The van der Waals surface area contributed by atoms with Crippen LogP contribution in [0.15, 0.2) is 36.4 Å². The standard InChI is InChI=1S/C21H22O7/c1-13(22)28-20-12-16(25-3)11-19(27-5)21(20)17(23)9-7-14-6-8-15(24-2)10-18(14)26-4/h6-12H,1-5H3/b9-7+. The molecule has 0 fully saturated rings. The lowest BCUT2D eigenvalue weighted by Gasteiger charge is -2.13. The minimum absolute atomic E-state index is 0.0556. The number of ether oxygens (including phenoxy) is 5. The molecule has 0 radical (unpaired) electrons. The molecule has 2 aromatic rings. The molecule has 0 spiro atoms. The van der Waals surface area contributed by atoms with Gasteiger partial charge in [0.1, 0.15) is 34.3 Å². The van der Waals surface area contributed by atoms with Crippen molar-refractivity contribution in [2.75, 3.05) is 28.4 Å². The maximum atomic E-state index is 12.9. The number of hydrogen-bond acceptors (Lipinski definition) is 7. The number of benzene rings is 2. The lowest BCUT2D eigenvalue weighted by molar-refractivity contribution is -0.131. The van der Waals surface area contributed by atoms with Gasteiger partial charge in [0.15, 0.2) is 5.78 Å². The number of methoxy groups -OCH3 is 4. The van der Waals surface area contributed by atoms with Crippen LogP contribution in [0.3, 0.4) is 0 Å². The Hall–Kier alpha value is -3.48. The van der Waals surface area contributed by atoms with Crippen LogP contribution >= 0.6 is 0 Å². The van der Waals surface area contributed by atoms with E-state index in [1.807, 2.05) is 0 Å². The second-order valence-corrected chi connectivity index (χ2v) is 5.60. The van der Waals surface area contributed by atoms with Crippen molar-refractivity contribution < 1.29 is 33.3 Å². The molecule has 0 heterocycles. The van der Waals surface area contributed by atoms with E-state index in [1.54, 1.807) is 37.5 Å². The SMILES string of the molecule is COc1ccc(/C=C/C(=O)c2c(OC)cc(OC)cc2OC(C)=O)c(OC)c1. The minimum atomic E-state index is -0.565. The largest absolute Gasteiger partial charge is 0.497 e. The number of allylic oxidation sites excluding steroid dienone is 1. The van der Waals surface area contributed by atoms with Crippen molar-refractivity contribution in [3.8, 4) is 28.7 Å². The van der Waals surface area contributed by atoms with Gasteiger partial charge in [0, 0.05) is 30.7 Å². The molecule has 0 aliphatic rings. The van der Waals surface area contributed by atoms with Gasteiger partial charge in [-0.25, -0.2) is 0 Å². The van der Waals surface area contributed by atoms with Crippen LogP contribution in [0, 0.1) is 0 Å². The number of esters is 1.